The van der Waals surface area contributed by atoms with Crippen molar-refractivity contribution in [3.63, 3.8) is 0 Å². The third kappa shape index (κ3) is 3.55. The van der Waals surface area contributed by atoms with E-state index in [9.17, 15) is 0 Å². The van der Waals surface area contributed by atoms with Crippen molar-refractivity contribution in [2.75, 3.05) is 4.90 Å². The van der Waals surface area contributed by atoms with Gasteiger partial charge in [-0.2, -0.15) is 0 Å². The number of hydrogen-bond donors (Lipinski definition) is 1. The van der Waals surface area contributed by atoms with Crippen LogP contribution in [0.25, 0.3) is 0 Å². The SMILES string of the molecule is CC(C)N(Cc1ccccc1)c1ccc(CO)cn1. The predicted molar refractivity (Wildman–Crippen MR) is 77.9 cm³/mol. The summed E-state index contributed by atoms with van der Waals surface area (Å²) >= 11 is 0. The molecule has 19 heavy (non-hydrogen) atoms. The second-order valence-corrected chi connectivity index (χ2v) is 4.89. The monoisotopic (exact) mass is 256 g/mol. The summed E-state index contributed by atoms with van der Waals surface area (Å²) in [5, 5.41) is 9.06. The largest absolute Gasteiger partial charge is 0.392 e. The Morgan fingerprint density at radius 1 is 1.05 bits per heavy atom. The Kier molecular flexibility index (Phi) is 4.53. The molecule has 100 valence electrons. The van der Waals surface area contributed by atoms with E-state index in [4.69, 9.17) is 5.11 Å². The van der Waals surface area contributed by atoms with Crippen LogP contribution in [0.3, 0.4) is 0 Å². The highest BCUT2D eigenvalue weighted by molar-refractivity contribution is 5.41. The summed E-state index contributed by atoms with van der Waals surface area (Å²) in [5.41, 5.74) is 2.11. The first-order valence-corrected chi connectivity index (χ1v) is 6.57. The van der Waals surface area contributed by atoms with Crippen LogP contribution in [0.1, 0.15) is 25.0 Å². The van der Waals surface area contributed by atoms with Gasteiger partial charge in [-0.25, -0.2) is 4.98 Å². The van der Waals surface area contributed by atoms with Gasteiger partial charge in [0.1, 0.15) is 5.82 Å². The van der Waals surface area contributed by atoms with Crippen LogP contribution in [0, 0.1) is 0 Å². The molecule has 0 aliphatic carbocycles. The lowest BCUT2D eigenvalue weighted by molar-refractivity contribution is 0.281. The number of pyridine rings is 1. The van der Waals surface area contributed by atoms with Crippen LogP contribution in [-0.4, -0.2) is 16.1 Å². The second kappa shape index (κ2) is 6.34. The number of anilines is 1. The van der Waals surface area contributed by atoms with E-state index in [0.717, 1.165) is 17.9 Å². The smallest absolute Gasteiger partial charge is 0.129 e. The van der Waals surface area contributed by atoms with Gasteiger partial charge >= 0.3 is 0 Å². The molecule has 0 saturated heterocycles. The maximum Gasteiger partial charge on any atom is 0.129 e. The molecule has 1 heterocycles. The maximum absolute atomic E-state index is 9.06. The quantitative estimate of drug-likeness (QED) is 0.893. The summed E-state index contributed by atoms with van der Waals surface area (Å²) in [6, 6.07) is 14.6. The predicted octanol–water partition coefficient (Wildman–Crippen LogP) is 2.99. The molecule has 1 aromatic carbocycles. The van der Waals surface area contributed by atoms with Crippen LogP contribution in [-0.2, 0) is 13.2 Å². The summed E-state index contributed by atoms with van der Waals surface area (Å²) in [6.07, 6.45) is 1.73. The average Bonchev–Trinajstić information content (AvgIpc) is 2.46. The first kappa shape index (κ1) is 13.6. The molecule has 3 nitrogen and oxygen atoms in total. The highest BCUT2D eigenvalue weighted by atomic mass is 16.3. The highest BCUT2D eigenvalue weighted by Gasteiger charge is 2.12. The van der Waals surface area contributed by atoms with E-state index < -0.39 is 0 Å². The summed E-state index contributed by atoms with van der Waals surface area (Å²) < 4.78 is 0. The van der Waals surface area contributed by atoms with Gasteiger partial charge in [0.05, 0.1) is 6.61 Å². The lowest BCUT2D eigenvalue weighted by atomic mass is 10.2. The van der Waals surface area contributed by atoms with E-state index in [1.165, 1.54) is 5.56 Å². The maximum atomic E-state index is 9.06. The minimum atomic E-state index is 0.0354. The number of hydrogen-bond acceptors (Lipinski definition) is 3. The summed E-state index contributed by atoms with van der Waals surface area (Å²) in [5.74, 6) is 0.941. The minimum absolute atomic E-state index is 0.0354. The fraction of sp³-hybridized carbons (Fsp3) is 0.312. The molecule has 0 spiro atoms. The lowest BCUT2D eigenvalue weighted by Gasteiger charge is -2.28. The Balaban J connectivity index is 2.19. The van der Waals surface area contributed by atoms with Crippen molar-refractivity contribution in [3.05, 3.63) is 59.8 Å². The van der Waals surface area contributed by atoms with Crippen LogP contribution in [0.15, 0.2) is 48.7 Å². The van der Waals surface area contributed by atoms with Crippen LogP contribution in [0.2, 0.25) is 0 Å². The molecular formula is C16H20N2O. The molecule has 2 rings (SSSR count). The van der Waals surface area contributed by atoms with E-state index in [1.54, 1.807) is 6.20 Å². The van der Waals surface area contributed by atoms with E-state index >= 15 is 0 Å². The Morgan fingerprint density at radius 3 is 2.32 bits per heavy atom. The van der Waals surface area contributed by atoms with Crippen molar-refractivity contribution in [2.45, 2.75) is 33.0 Å². The van der Waals surface area contributed by atoms with Gasteiger partial charge in [0.15, 0.2) is 0 Å². The molecule has 0 saturated carbocycles. The third-order valence-electron chi connectivity index (χ3n) is 3.11. The first-order valence-electron chi connectivity index (χ1n) is 6.57. The minimum Gasteiger partial charge on any atom is -0.392 e. The molecule has 0 atom stereocenters. The van der Waals surface area contributed by atoms with Crippen molar-refractivity contribution in [1.82, 2.24) is 4.98 Å². The molecule has 1 aromatic heterocycles. The number of rotatable bonds is 5. The summed E-state index contributed by atoms with van der Waals surface area (Å²) in [7, 11) is 0. The van der Waals surface area contributed by atoms with Crippen LogP contribution in [0.4, 0.5) is 5.82 Å². The third-order valence-corrected chi connectivity index (χ3v) is 3.11. The van der Waals surface area contributed by atoms with E-state index in [-0.39, 0.29) is 6.61 Å². The molecule has 0 unspecified atom stereocenters. The van der Waals surface area contributed by atoms with E-state index in [0.29, 0.717) is 6.04 Å². The van der Waals surface area contributed by atoms with Gasteiger partial charge < -0.3 is 10.0 Å². The molecule has 0 aliphatic heterocycles. The number of benzene rings is 1. The first-order chi connectivity index (χ1) is 9.20. The molecule has 0 fully saturated rings. The fourth-order valence-corrected chi connectivity index (χ4v) is 1.99. The van der Waals surface area contributed by atoms with Crippen LogP contribution < -0.4 is 4.90 Å². The Hall–Kier alpha value is -1.87. The molecule has 0 amide bonds. The number of aromatic nitrogens is 1. The van der Waals surface area contributed by atoms with Gasteiger partial charge in [-0.1, -0.05) is 36.4 Å². The zero-order valence-corrected chi connectivity index (χ0v) is 11.5. The molecule has 0 bridgehead atoms. The van der Waals surface area contributed by atoms with Crippen molar-refractivity contribution in [1.29, 1.82) is 0 Å². The number of aliphatic hydroxyl groups is 1. The van der Waals surface area contributed by atoms with Crippen LogP contribution in [0.5, 0.6) is 0 Å². The Labute approximate surface area is 114 Å². The highest BCUT2D eigenvalue weighted by Crippen LogP contribution is 2.18. The molecule has 2 aromatic rings. The van der Waals surface area contributed by atoms with Crippen molar-refractivity contribution in [2.24, 2.45) is 0 Å². The van der Waals surface area contributed by atoms with Gasteiger partial charge in [0.25, 0.3) is 0 Å². The molecule has 1 N–H and O–H groups in total. The molecular weight excluding hydrogens is 236 g/mol. The van der Waals surface area contributed by atoms with Crippen molar-refractivity contribution in [3.8, 4) is 0 Å². The van der Waals surface area contributed by atoms with Gasteiger partial charge in [-0.05, 0) is 31.0 Å². The van der Waals surface area contributed by atoms with Gasteiger partial charge in [-0.3, -0.25) is 0 Å². The molecule has 0 aliphatic rings. The molecule has 3 heteroatoms. The summed E-state index contributed by atoms with van der Waals surface area (Å²) in [6.45, 7) is 5.19. The Morgan fingerprint density at radius 2 is 1.79 bits per heavy atom. The fourth-order valence-electron chi connectivity index (χ4n) is 1.99. The van der Waals surface area contributed by atoms with Gasteiger partial charge in [0, 0.05) is 18.8 Å². The van der Waals surface area contributed by atoms with E-state index in [1.807, 2.05) is 18.2 Å². The van der Waals surface area contributed by atoms with E-state index in [2.05, 4.69) is 48.0 Å². The molecule has 0 radical (unpaired) electrons. The van der Waals surface area contributed by atoms with Gasteiger partial charge in [0.2, 0.25) is 0 Å². The van der Waals surface area contributed by atoms with Crippen LogP contribution >= 0.6 is 0 Å². The number of nitrogens with zero attached hydrogens (tertiary/aromatic N) is 2. The van der Waals surface area contributed by atoms with Crippen molar-refractivity contribution >= 4 is 5.82 Å². The number of aliphatic hydroxyl groups excluding tert-OH is 1. The topological polar surface area (TPSA) is 36.4 Å². The van der Waals surface area contributed by atoms with Crippen molar-refractivity contribution < 1.29 is 5.11 Å². The zero-order chi connectivity index (χ0) is 13.7. The zero-order valence-electron chi connectivity index (χ0n) is 11.5. The lowest BCUT2D eigenvalue weighted by Crippen LogP contribution is -2.30. The standard InChI is InChI=1S/C16H20N2O/c1-13(2)18(11-14-6-4-3-5-7-14)16-9-8-15(12-19)10-17-16/h3-10,13,19H,11-12H2,1-2H3. The normalized spacial score (nSPS) is 10.7. The average molecular weight is 256 g/mol. The van der Waals surface area contributed by atoms with Gasteiger partial charge in [-0.15, -0.1) is 0 Å². The Bertz CT molecular complexity index is 494. The second-order valence-electron chi connectivity index (χ2n) is 4.89. The summed E-state index contributed by atoms with van der Waals surface area (Å²) in [4.78, 5) is 6.68.